The van der Waals surface area contributed by atoms with Gasteiger partial charge in [-0.15, -0.1) is 16.8 Å². The van der Waals surface area contributed by atoms with Gasteiger partial charge >= 0.3 is 0 Å². The average Bonchev–Trinajstić information content (AvgIpc) is 3.21. The number of hydrogen-bond donors (Lipinski definition) is 1. The normalized spacial score (nSPS) is 10.7. The van der Waals surface area contributed by atoms with Crippen LogP contribution >= 0.6 is 11.8 Å². The summed E-state index contributed by atoms with van der Waals surface area (Å²) in [7, 11) is 0. The number of carbonyl (C=O) groups excluding carboxylic acids is 1. The van der Waals surface area contributed by atoms with Crippen LogP contribution in [-0.4, -0.2) is 33.0 Å². The quantitative estimate of drug-likeness (QED) is 0.313. The van der Waals surface area contributed by atoms with Crippen molar-refractivity contribution in [2.45, 2.75) is 45.3 Å². The molecular weight excluding hydrogens is 420 g/mol. The molecule has 7 heteroatoms. The number of anilines is 1. The third-order valence-corrected chi connectivity index (χ3v) is 6.02. The van der Waals surface area contributed by atoms with Gasteiger partial charge in [0.2, 0.25) is 5.91 Å². The highest BCUT2D eigenvalue weighted by Gasteiger charge is 2.18. The first-order valence-electron chi connectivity index (χ1n) is 10.9. The Morgan fingerprint density at radius 3 is 2.47 bits per heavy atom. The number of rotatable bonds is 11. The monoisotopic (exact) mass is 450 g/mol. The lowest BCUT2D eigenvalue weighted by Crippen LogP contribution is -2.17. The summed E-state index contributed by atoms with van der Waals surface area (Å²) >= 11 is 1.36. The molecule has 1 heterocycles. The molecule has 3 rings (SSSR count). The number of aryl methyl sites for hydroxylation is 2. The van der Waals surface area contributed by atoms with Crippen LogP contribution in [0.4, 0.5) is 5.69 Å². The van der Waals surface area contributed by atoms with Gasteiger partial charge in [-0.05, 0) is 43.0 Å². The van der Waals surface area contributed by atoms with Crippen molar-refractivity contribution in [1.82, 2.24) is 14.8 Å². The van der Waals surface area contributed by atoms with E-state index in [2.05, 4.69) is 48.1 Å². The second-order valence-corrected chi connectivity index (χ2v) is 8.07. The minimum Gasteiger partial charge on any atom is -0.493 e. The van der Waals surface area contributed by atoms with E-state index in [9.17, 15) is 4.79 Å². The number of para-hydroxylation sites is 2. The molecule has 32 heavy (non-hydrogen) atoms. The molecule has 0 unspecified atom stereocenters. The lowest BCUT2D eigenvalue weighted by atomic mass is 10.0. The molecule has 6 nitrogen and oxygen atoms in total. The minimum absolute atomic E-state index is 0.0602. The molecular formula is C25H30N4O2S. The Morgan fingerprint density at radius 1 is 1.09 bits per heavy atom. The molecule has 0 atom stereocenters. The Morgan fingerprint density at radius 2 is 1.81 bits per heavy atom. The number of aromatic nitrogens is 3. The standard InChI is InChI=1S/C25H30N4O2S/c1-5-16-29-24(20-14-9-10-15-21(20)31-8-4)27-28-25(29)32-17-22(30)26-23-18(6-2)12-11-13-19(23)7-3/h5,9-15H,1,6-8,16-17H2,2-4H3,(H,26,30). The van der Waals surface area contributed by atoms with Gasteiger partial charge in [-0.2, -0.15) is 0 Å². The number of nitrogens with zero attached hydrogens (tertiary/aromatic N) is 3. The summed E-state index contributed by atoms with van der Waals surface area (Å²) in [5.74, 6) is 1.63. The van der Waals surface area contributed by atoms with Crippen molar-refractivity contribution in [2.75, 3.05) is 17.7 Å². The number of allylic oxidation sites excluding steroid dienone is 1. The van der Waals surface area contributed by atoms with Crippen LogP contribution in [-0.2, 0) is 24.2 Å². The molecule has 168 valence electrons. The summed E-state index contributed by atoms with van der Waals surface area (Å²) in [5, 5.41) is 12.5. The number of thioether (sulfide) groups is 1. The molecule has 0 spiro atoms. The van der Waals surface area contributed by atoms with Crippen molar-refractivity contribution in [2.24, 2.45) is 0 Å². The van der Waals surface area contributed by atoms with Gasteiger partial charge in [-0.25, -0.2) is 0 Å². The summed E-state index contributed by atoms with van der Waals surface area (Å²) < 4.78 is 7.72. The van der Waals surface area contributed by atoms with Crippen molar-refractivity contribution >= 4 is 23.4 Å². The molecule has 1 N–H and O–H groups in total. The van der Waals surface area contributed by atoms with E-state index in [1.807, 2.05) is 41.8 Å². The number of benzene rings is 2. The van der Waals surface area contributed by atoms with Crippen LogP contribution in [0.5, 0.6) is 5.75 Å². The lowest BCUT2D eigenvalue weighted by Gasteiger charge is -2.14. The summed E-state index contributed by atoms with van der Waals surface area (Å²) in [6.45, 7) is 11.1. The highest BCUT2D eigenvalue weighted by Crippen LogP contribution is 2.31. The van der Waals surface area contributed by atoms with Crippen LogP contribution in [0.15, 0.2) is 60.3 Å². The van der Waals surface area contributed by atoms with Crippen LogP contribution in [0.25, 0.3) is 11.4 Å². The lowest BCUT2D eigenvalue weighted by molar-refractivity contribution is -0.113. The molecule has 3 aromatic rings. The summed E-state index contributed by atoms with van der Waals surface area (Å²) in [6.07, 6.45) is 3.53. The first-order chi connectivity index (χ1) is 15.6. The number of carbonyl (C=O) groups is 1. The smallest absolute Gasteiger partial charge is 0.234 e. The van der Waals surface area contributed by atoms with Gasteiger partial charge in [0.15, 0.2) is 11.0 Å². The Hall–Kier alpha value is -3.06. The van der Waals surface area contributed by atoms with Crippen molar-refractivity contribution in [1.29, 1.82) is 0 Å². The van der Waals surface area contributed by atoms with E-state index in [4.69, 9.17) is 4.74 Å². The van der Waals surface area contributed by atoms with E-state index in [0.29, 0.717) is 24.1 Å². The topological polar surface area (TPSA) is 69.0 Å². The van der Waals surface area contributed by atoms with E-state index < -0.39 is 0 Å². The van der Waals surface area contributed by atoms with E-state index in [0.717, 1.165) is 41.0 Å². The fraction of sp³-hybridized carbons (Fsp3) is 0.320. The highest BCUT2D eigenvalue weighted by molar-refractivity contribution is 7.99. The van der Waals surface area contributed by atoms with Crippen molar-refractivity contribution in [3.05, 3.63) is 66.2 Å². The van der Waals surface area contributed by atoms with Gasteiger partial charge in [0.1, 0.15) is 5.75 Å². The minimum atomic E-state index is -0.0602. The van der Waals surface area contributed by atoms with Crippen LogP contribution < -0.4 is 10.1 Å². The van der Waals surface area contributed by atoms with Crippen molar-refractivity contribution < 1.29 is 9.53 Å². The fourth-order valence-corrected chi connectivity index (χ4v) is 4.28. The molecule has 1 aromatic heterocycles. The molecule has 0 aliphatic rings. The maximum Gasteiger partial charge on any atom is 0.234 e. The molecule has 0 fully saturated rings. The molecule has 0 aliphatic heterocycles. The molecule has 0 bridgehead atoms. The van der Waals surface area contributed by atoms with Gasteiger partial charge in [0.25, 0.3) is 0 Å². The highest BCUT2D eigenvalue weighted by atomic mass is 32.2. The largest absolute Gasteiger partial charge is 0.493 e. The zero-order valence-corrected chi connectivity index (χ0v) is 19.7. The van der Waals surface area contributed by atoms with E-state index >= 15 is 0 Å². The number of ether oxygens (including phenoxy) is 1. The van der Waals surface area contributed by atoms with E-state index in [-0.39, 0.29) is 11.7 Å². The first kappa shape index (κ1) is 23.6. The van der Waals surface area contributed by atoms with Gasteiger partial charge in [-0.3, -0.25) is 9.36 Å². The number of nitrogens with one attached hydrogen (secondary N) is 1. The zero-order chi connectivity index (χ0) is 22.9. The second-order valence-electron chi connectivity index (χ2n) is 7.13. The molecule has 0 aliphatic carbocycles. The molecule has 0 saturated heterocycles. The zero-order valence-electron chi connectivity index (χ0n) is 18.9. The van der Waals surface area contributed by atoms with Crippen molar-refractivity contribution in [3.8, 4) is 17.1 Å². The summed E-state index contributed by atoms with van der Waals surface area (Å²) in [4.78, 5) is 12.8. The number of amides is 1. The predicted molar refractivity (Wildman–Crippen MR) is 131 cm³/mol. The Balaban J connectivity index is 1.79. The fourth-order valence-electron chi connectivity index (χ4n) is 3.53. The summed E-state index contributed by atoms with van der Waals surface area (Å²) in [5.41, 5.74) is 4.09. The van der Waals surface area contributed by atoms with Gasteiger partial charge < -0.3 is 10.1 Å². The SMILES string of the molecule is C=CCn1c(SCC(=O)Nc2c(CC)cccc2CC)nnc1-c1ccccc1OCC. The van der Waals surface area contributed by atoms with Crippen molar-refractivity contribution in [3.63, 3.8) is 0 Å². The first-order valence-corrected chi connectivity index (χ1v) is 11.9. The van der Waals surface area contributed by atoms with Crippen LogP contribution in [0.3, 0.4) is 0 Å². The Labute approximate surface area is 194 Å². The van der Waals surface area contributed by atoms with Gasteiger partial charge in [0, 0.05) is 12.2 Å². The second kappa shape index (κ2) is 11.5. The Bertz CT molecular complexity index is 1060. The van der Waals surface area contributed by atoms with Gasteiger partial charge in [0.05, 0.1) is 17.9 Å². The average molecular weight is 451 g/mol. The Kier molecular flexibility index (Phi) is 8.50. The van der Waals surface area contributed by atoms with Crippen LogP contribution in [0.1, 0.15) is 31.9 Å². The van der Waals surface area contributed by atoms with E-state index in [1.54, 1.807) is 6.08 Å². The molecule has 1 amide bonds. The number of hydrogen-bond acceptors (Lipinski definition) is 5. The third kappa shape index (κ3) is 5.40. The molecule has 2 aromatic carbocycles. The van der Waals surface area contributed by atoms with E-state index in [1.165, 1.54) is 11.8 Å². The summed E-state index contributed by atoms with van der Waals surface area (Å²) in [6, 6.07) is 13.9. The van der Waals surface area contributed by atoms with Gasteiger partial charge in [-0.1, -0.05) is 62.0 Å². The van der Waals surface area contributed by atoms with Crippen LogP contribution in [0.2, 0.25) is 0 Å². The van der Waals surface area contributed by atoms with Crippen LogP contribution in [0, 0.1) is 0 Å². The maximum absolute atomic E-state index is 12.8. The maximum atomic E-state index is 12.8. The third-order valence-electron chi connectivity index (χ3n) is 5.05. The predicted octanol–water partition coefficient (Wildman–Crippen LogP) is 5.39. The molecule has 0 radical (unpaired) electrons. The molecule has 0 saturated carbocycles.